The summed E-state index contributed by atoms with van der Waals surface area (Å²) in [5.41, 5.74) is 4.34. The van der Waals surface area contributed by atoms with Gasteiger partial charge in [-0.3, -0.25) is 4.79 Å². The standard InChI is InChI=1S/C18H22N2O/c1-14-8-7-11-17(15(14)2)19-18(21)12-13-20(3)16-9-5-4-6-10-16/h4-11H,12-13H2,1-3H3,(H,19,21). The summed E-state index contributed by atoms with van der Waals surface area (Å²) >= 11 is 0. The predicted molar refractivity (Wildman–Crippen MR) is 88.9 cm³/mol. The van der Waals surface area contributed by atoms with Gasteiger partial charge in [0.2, 0.25) is 5.91 Å². The van der Waals surface area contributed by atoms with Crippen LogP contribution in [-0.2, 0) is 4.79 Å². The van der Waals surface area contributed by atoms with Crippen molar-refractivity contribution in [2.24, 2.45) is 0 Å². The lowest BCUT2D eigenvalue weighted by Gasteiger charge is -2.19. The van der Waals surface area contributed by atoms with Crippen molar-refractivity contribution < 1.29 is 4.79 Å². The fourth-order valence-corrected chi connectivity index (χ4v) is 2.18. The minimum Gasteiger partial charge on any atom is -0.374 e. The van der Waals surface area contributed by atoms with Crippen LogP contribution in [0, 0.1) is 13.8 Å². The summed E-state index contributed by atoms with van der Waals surface area (Å²) in [6.07, 6.45) is 0.471. The first kappa shape index (κ1) is 15.1. The Balaban J connectivity index is 1.89. The number of rotatable bonds is 5. The van der Waals surface area contributed by atoms with E-state index in [2.05, 4.69) is 10.2 Å². The van der Waals surface area contributed by atoms with Crippen LogP contribution < -0.4 is 10.2 Å². The molecule has 0 fully saturated rings. The summed E-state index contributed by atoms with van der Waals surface area (Å²) in [6, 6.07) is 16.0. The fraction of sp³-hybridized carbons (Fsp3) is 0.278. The Morgan fingerprint density at radius 1 is 1.05 bits per heavy atom. The largest absolute Gasteiger partial charge is 0.374 e. The summed E-state index contributed by atoms with van der Waals surface area (Å²) in [5.74, 6) is 0.0477. The molecule has 0 saturated carbocycles. The van der Waals surface area contributed by atoms with Crippen LogP contribution in [-0.4, -0.2) is 19.5 Å². The Kier molecular flexibility index (Phi) is 4.99. The Morgan fingerprint density at radius 3 is 2.48 bits per heavy atom. The average Bonchev–Trinajstić information content (AvgIpc) is 2.50. The van der Waals surface area contributed by atoms with Crippen LogP contribution in [0.25, 0.3) is 0 Å². The zero-order valence-electron chi connectivity index (χ0n) is 12.9. The van der Waals surface area contributed by atoms with Crippen molar-refractivity contribution in [2.45, 2.75) is 20.3 Å². The number of aryl methyl sites for hydroxylation is 1. The third-order valence-electron chi connectivity index (χ3n) is 3.75. The average molecular weight is 282 g/mol. The number of amides is 1. The van der Waals surface area contributed by atoms with Crippen molar-refractivity contribution in [1.82, 2.24) is 0 Å². The summed E-state index contributed by atoms with van der Waals surface area (Å²) in [6.45, 7) is 4.77. The number of nitrogens with one attached hydrogen (secondary N) is 1. The summed E-state index contributed by atoms with van der Waals surface area (Å²) in [7, 11) is 2.00. The van der Waals surface area contributed by atoms with E-state index in [0.717, 1.165) is 16.9 Å². The number of para-hydroxylation sites is 1. The van der Waals surface area contributed by atoms with Gasteiger partial charge in [-0.05, 0) is 43.2 Å². The van der Waals surface area contributed by atoms with E-state index >= 15 is 0 Å². The molecule has 110 valence electrons. The molecule has 0 aliphatic heterocycles. The molecule has 0 atom stereocenters. The molecule has 0 aliphatic carbocycles. The lowest BCUT2D eigenvalue weighted by atomic mass is 10.1. The number of hydrogen-bond donors (Lipinski definition) is 1. The van der Waals surface area contributed by atoms with E-state index in [1.807, 2.05) is 69.4 Å². The van der Waals surface area contributed by atoms with E-state index < -0.39 is 0 Å². The van der Waals surface area contributed by atoms with Gasteiger partial charge in [0.05, 0.1) is 0 Å². The zero-order valence-corrected chi connectivity index (χ0v) is 12.9. The van der Waals surface area contributed by atoms with Gasteiger partial charge in [-0.2, -0.15) is 0 Å². The Hall–Kier alpha value is -2.29. The number of benzene rings is 2. The van der Waals surface area contributed by atoms with Gasteiger partial charge in [0.25, 0.3) is 0 Å². The molecule has 3 nitrogen and oxygen atoms in total. The lowest BCUT2D eigenvalue weighted by Crippen LogP contribution is -2.24. The van der Waals surface area contributed by atoms with E-state index in [0.29, 0.717) is 13.0 Å². The van der Waals surface area contributed by atoms with Gasteiger partial charge in [-0.1, -0.05) is 30.3 Å². The molecule has 1 N–H and O–H groups in total. The second-order valence-electron chi connectivity index (χ2n) is 5.30. The number of anilines is 2. The van der Waals surface area contributed by atoms with Crippen LogP contribution in [0.5, 0.6) is 0 Å². The summed E-state index contributed by atoms with van der Waals surface area (Å²) in [4.78, 5) is 14.2. The lowest BCUT2D eigenvalue weighted by molar-refractivity contribution is -0.116. The number of hydrogen-bond acceptors (Lipinski definition) is 2. The summed E-state index contributed by atoms with van der Waals surface area (Å²) < 4.78 is 0. The van der Waals surface area contributed by atoms with Crippen LogP contribution in [0.1, 0.15) is 17.5 Å². The van der Waals surface area contributed by atoms with E-state index in [1.165, 1.54) is 5.56 Å². The topological polar surface area (TPSA) is 32.3 Å². The monoisotopic (exact) mass is 282 g/mol. The van der Waals surface area contributed by atoms with Crippen molar-refractivity contribution in [3.8, 4) is 0 Å². The Morgan fingerprint density at radius 2 is 1.76 bits per heavy atom. The molecular weight excluding hydrogens is 260 g/mol. The van der Waals surface area contributed by atoms with Gasteiger partial charge in [0.15, 0.2) is 0 Å². The Bertz CT molecular complexity index is 608. The third kappa shape index (κ3) is 4.09. The maximum Gasteiger partial charge on any atom is 0.226 e. The SMILES string of the molecule is Cc1cccc(NC(=O)CCN(C)c2ccccc2)c1C. The van der Waals surface area contributed by atoms with Gasteiger partial charge < -0.3 is 10.2 Å². The fourth-order valence-electron chi connectivity index (χ4n) is 2.18. The first-order valence-electron chi connectivity index (χ1n) is 7.20. The van der Waals surface area contributed by atoms with E-state index in [1.54, 1.807) is 0 Å². The van der Waals surface area contributed by atoms with Crippen LogP contribution in [0.4, 0.5) is 11.4 Å². The predicted octanol–water partition coefficient (Wildman–Crippen LogP) is 3.77. The van der Waals surface area contributed by atoms with Gasteiger partial charge in [0.1, 0.15) is 0 Å². The van der Waals surface area contributed by atoms with Crippen LogP contribution >= 0.6 is 0 Å². The molecule has 2 aromatic rings. The van der Waals surface area contributed by atoms with Crippen molar-refractivity contribution in [2.75, 3.05) is 23.8 Å². The van der Waals surface area contributed by atoms with Crippen LogP contribution in [0.15, 0.2) is 48.5 Å². The highest BCUT2D eigenvalue weighted by Gasteiger charge is 2.08. The number of nitrogens with zero attached hydrogens (tertiary/aromatic N) is 1. The highest BCUT2D eigenvalue weighted by atomic mass is 16.1. The molecule has 1 amide bonds. The highest BCUT2D eigenvalue weighted by Crippen LogP contribution is 2.18. The van der Waals surface area contributed by atoms with E-state index in [-0.39, 0.29) is 5.91 Å². The van der Waals surface area contributed by atoms with Crippen LogP contribution in [0.3, 0.4) is 0 Å². The molecule has 0 aliphatic rings. The third-order valence-corrected chi connectivity index (χ3v) is 3.75. The molecule has 0 heterocycles. The van der Waals surface area contributed by atoms with E-state index in [4.69, 9.17) is 0 Å². The molecule has 2 rings (SSSR count). The van der Waals surface area contributed by atoms with Gasteiger partial charge in [-0.15, -0.1) is 0 Å². The zero-order chi connectivity index (χ0) is 15.2. The van der Waals surface area contributed by atoms with Crippen LogP contribution in [0.2, 0.25) is 0 Å². The minimum atomic E-state index is 0.0477. The molecule has 3 heteroatoms. The number of carbonyl (C=O) groups excluding carboxylic acids is 1. The normalized spacial score (nSPS) is 10.2. The van der Waals surface area contributed by atoms with Crippen molar-refractivity contribution in [1.29, 1.82) is 0 Å². The van der Waals surface area contributed by atoms with Gasteiger partial charge in [-0.25, -0.2) is 0 Å². The molecule has 0 aromatic heterocycles. The second-order valence-corrected chi connectivity index (χ2v) is 5.30. The maximum atomic E-state index is 12.1. The van der Waals surface area contributed by atoms with Crippen molar-refractivity contribution >= 4 is 17.3 Å². The first-order chi connectivity index (χ1) is 10.1. The molecule has 0 unspecified atom stereocenters. The molecule has 0 saturated heterocycles. The molecular formula is C18H22N2O. The quantitative estimate of drug-likeness (QED) is 0.905. The minimum absolute atomic E-state index is 0.0477. The highest BCUT2D eigenvalue weighted by molar-refractivity contribution is 5.91. The number of carbonyl (C=O) groups is 1. The van der Waals surface area contributed by atoms with Gasteiger partial charge in [0, 0.05) is 31.4 Å². The van der Waals surface area contributed by atoms with Crippen molar-refractivity contribution in [3.05, 3.63) is 59.7 Å². The maximum absolute atomic E-state index is 12.1. The Labute approximate surface area is 126 Å². The van der Waals surface area contributed by atoms with Gasteiger partial charge >= 0.3 is 0 Å². The molecule has 0 radical (unpaired) electrons. The smallest absolute Gasteiger partial charge is 0.226 e. The first-order valence-corrected chi connectivity index (χ1v) is 7.20. The molecule has 0 spiro atoms. The summed E-state index contributed by atoms with van der Waals surface area (Å²) in [5, 5.41) is 2.99. The molecule has 2 aromatic carbocycles. The van der Waals surface area contributed by atoms with E-state index in [9.17, 15) is 4.79 Å². The molecule has 0 bridgehead atoms. The molecule has 21 heavy (non-hydrogen) atoms. The second kappa shape index (κ2) is 6.93. The van der Waals surface area contributed by atoms with Crippen molar-refractivity contribution in [3.63, 3.8) is 0 Å².